The van der Waals surface area contributed by atoms with Gasteiger partial charge in [0.1, 0.15) is 0 Å². The Morgan fingerprint density at radius 3 is 2.81 bits per heavy atom. The highest BCUT2D eigenvalue weighted by molar-refractivity contribution is 5.87. The minimum Gasteiger partial charge on any atom is -0.463 e. The molecule has 0 amide bonds. The van der Waals surface area contributed by atoms with E-state index in [1.807, 2.05) is 12.1 Å². The van der Waals surface area contributed by atoms with Crippen molar-refractivity contribution >= 4 is 12.0 Å². The lowest BCUT2D eigenvalue weighted by atomic mass is 10.0. The minimum absolute atomic E-state index is 0.294. The average molecular weight is 218 g/mol. The van der Waals surface area contributed by atoms with Crippen LogP contribution < -0.4 is 0 Å². The van der Waals surface area contributed by atoms with Crippen molar-refractivity contribution in [3.63, 3.8) is 0 Å². The molecule has 0 heterocycles. The molecule has 2 heteroatoms. The predicted octanol–water partition coefficient (Wildman–Crippen LogP) is 3.39. The van der Waals surface area contributed by atoms with Crippen LogP contribution in [0.15, 0.2) is 30.3 Å². The van der Waals surface area contributed by atoms with E-state index in [4.69, 9.17) is 4.74 Å². The van der Waals surface area contributed by atoms with Gasteiger partial charge in [-0.25, -0.2) is 4.79 Å². The van der Waals surface area contributed by atoms with Gasteiger partial charge in [0.15, 0.2) is 0 Å². The minimum atomic E-state index is -0.294. The summed E-state index contributed by atoms with van der Waals surface area (Å²) in [5.41, 5.74) is 2.30. The fourth-order valence-electron chi connectivity index (χ4n) is 1.38. The summed E-state index contributed by atoms with van der Waals surface area (Å²) in [6.07, 6.45) is 3.24. The summed E-state index contributed by atoms with van der Waals surface area (Å²) in [6, 6.07) is 8.15. The van der Waals surface area contributed by atoms with Crippen LogP contribution >= 0.6 is 0 Å². The SMILES string of the molecule is CCOC(=O)/C=C/c1cccc(C(C)C)c1. The number of benzene rings is 1. The van der Waals surface area contributed by atoms with Crippen LogP contribution in [0.3, 0.4) is 0 Å². The standard InChI is InChI=1S/C14H18O2/c1-4-16-14(15)9-8-12-6-5-7-13(10-12)11(2)3/h5-11H,4H2,1-3H3/b9-8+. The van der Waals surface area contributed by atoms with Crippen molar-refractivity contribution in [2.75, 3.05) is 6.61 Å². The molecule has 0 atom stereocenters. The first-order valence-electron chi connectivity index (χ1n) is 5.58. The molecular weight excluding hydrogens is 200 g/mol. The van der Waals surface area contributed by atoms with Gasteiger partial charge in [0, 0.05) is 6.08 Å². The lowest BCUT2D eigenvalue weighted by Gasteiger charge is -2.05. The molecule has 0 aliphatic carbocycles. The third-order valence-corrected chi connectivity index (χ3v) is 2.28. The van der Waals surface area contributed by atoms with Crippen LogP contribution in [-0.2, 0) is 9.53 Å². The van der Waals surface area contributed by atoms with E-state index >= 15 is 0 Å². The van der Waals surface area contributed by atoms with Gasteiger partial charge in [-0.3, -0.25) is 0 Å². The largest absolute Gasteiger partial charge is 0.463 e. The average Bonchev–Trinajstić information content (AvgIpc) is 2.27. The molecule has 0 bridgehead atoms. The Balaban J connectivity index is 2.74. The van der Waals surface area contributed by atoms with Gasteiger partial charge in [0.05, 0.1) is 6.61 Å². The fraction of sp³-hybridized carbons (Fsp3) is 0.357. The van der Waals surface area contributed by atoms with Crippen molar-refractivity contribution in [2.45, 2.75) is 26.7 Å². The van der Waals surface area contributed by atoms with E-state index in [0.29, 0.717) is 12.5 Å². The van der Waals surface area contributed by atoms with Crippen LogP contribution in [0.1, 0.15) is 37.8 Å². The van der Waals surface area contributed by atoms with E-state index in [1.165, 1.54) is 11.6 Å². The molecular formula is C14H18O2. The lowest BCUT2D eigenvalue weighted by molar-refractivity contribution is -0.137. The summed E-state index contributed by atoms with van der Waals surface area (Å²) in [6.45, 7) is 6.50. The zero-order valence-corrected chi connectivity index (χ0v) is 10.1. The molecule has 1 aromatic rings. The number of carbonyl (C=O) groups is 1. The third kappa shape index (κ3) is 3.89. The van der Waals surface area contributed by atoms with Crippen molar-refractivity contribution in [1.82, 2.24) is 0 Å². The Kier molecular flexibility index (Phi) is 4.77. The quantitative estimate of drug-likeness (QED) is 0.572. The molecule has 86 valence electrons. The topological polar surface area (TPSA) is 26.3 Å². The molecule has 0 aliphatic heterocycles. The molecule has 0 saturated carbocycles. The Hall–Kier alpha value is -1.57. The van der Waals surface area contributed by atoms with Crippen molar-refractivity contribution < 1.29 is 9.53 Å². The van der Waals surface area contributed by atoms with Gasteiger partial charge in [0.25, 0.3) is 0 Å². The summed E-state index contributed by atoms with van der Waals surface area (Å²) >= 11 is 0. The number of carbonyl (C=O) groups excluding carboxylic acids is 1. The van der Waals surface area contributed by atoms with E-state index in [1.54, 1.807) is 13.0 Å². The van der Waals surface area contributed by atoms with E-state index in [2.05, 4.69) is 26.0 Å². The maximum atomic E-state index is 11.1. The van der Waals surface area contributed by atoms with Crippen molar-refractivity contribution in [3.05, 3.63) is 41.5 Å². The van der Waals surface area contributed by atoms with E-state index < -0.39 is 0 Å². The molecule has 1 aromatic carbocycles. The Morgan fingerprint density at radius 2 is 2.19 bits per heavy atom. The van der Waals surface area contributed by atoms with Gasteiger partial charge in [-0.2, -0.15) is 0 Å². The summed E-state index contributed by atoms with van der Waals surface area (Å²) in [7, 11) is 0. The second-order valence-corrected chi connectivity index (χ2v) is 3.91. The number of hydrogen-bond donors (Lipinski definition) is 0. The molecule has 0 aromatic heterocycles. The Labute approximate surface area is 96.9 Å². The zero-order chi connectivity index (χ0) is 12.0. The smallest absolute Gasteiger partial charge is 0.330 e. The van der Waals surface area contributed by atoms with Gasteiger partial charge >= 0.3 is 5.97 Å². The Morgan fingerprint density at radius 1 is 1.44 bits per heavy atom. The third-order valence-electron chi connectivity index (χ3n) is 2.28. The first kappa shape index (κ1) is 12.5. The fourth-order valence-corrected chi connectivity index (χ4v) is 1.38. The highest BCUT2D eigenvalue weighted by atomic mass is 16.5. The molecule has 0 radical (unpaired) electrons. The number of esters is 1. The summed E-state index contributed by atoms with van der Waals surface area (Å²) in [5.74, 6) is 0.202. The monoisotopic (exact) mass is 218 g/mol. The molecule has 0 fully saturated rings. The molecule has 0 aliphatic rings. The van der Waals surface area contributed by atoms with Crippen LogP contribution in [-0.4, -0.2) is 12.6 Å². The van der Waals surface area contributed by atoms with Gasteiger partial charge in [-0.1, -0.05) is 38.1 Å². The van der Waals surface area contributed by atoms with Gasteiger partial charge in [0.2, 0.25) is 0 Å². The van der Waals surface area contributed by atoms with Gasteiger partial charge in [-0.15, -0.1) is 0 Å². The van der Waals surface area contributed by atoms with Crippen molar-refractivity contribution in [1.29, 1.82) is 0 Å². The summed E-state index contributed by atoms with van der Waals surface area (Å²) < 4.78 is 4.82. The molecule has 16 heavy (non-hydrogen) atoms. The highest BCUT2D eigenvalue weighted by Crippen LogP contribution is 2.16. The predicted molar refractivity (Wildman–Crippen MR) is 66.2 cm³/mol. The van der Waals surface area contributed by atoms with Gasteiger partial charge in [-0.05, 0) is 30.0 Å². The molecule has 0 unspecified atom stereocenters. The van der Waals surface area contributed by atoms with Crippen LogP contribution in [0, 0.1) is 0 Å². The van der Waals surface area contributed by atoms with Crippen LogP contribution in [0.5, 0.6) is 0 Å². The van der Waals surface area contributed by atoms with Crippen LogP contribution in [0.4, 0.5) is 0 Å². The molecule has 0 saturated heterocycles. The maximum absolute atomic E-state index is 11.1. The molecule has 0 spiro atoms. The van der Waals surface area contributed by atoms with Crippen LogP contribution in [0.2, 0.25) is 0 Å². The number of hydrogen-bond acceptors (Lipinski definition) is 2. The maximum Gasteiger partial charge on any atom is 0.330 e. The van der Waals surface area contributed by atoms with Crippen molar-refractivity contribution in [3.8, 4) is 0 Å². The van der Waals surface area contributed by atoms with Crippen molar-refractivity contribution in [2.24, 2.45) is 0 Å². The molecule has 0 N–H and O–H groups in total. The number of rotatable bonds is 4. The summed E-state index contributed by atoms with van der Waals surface area (Å²) in [4.78, 5) is 11.1. The lowest BCUT2D eigenvalue weighted by Crippen LogP contribution is -1.98. The van der Waals surface area contributed by atoms with Crippen LogP contribution in [0.25, 0.3) is 6.08 Å². The van der Waals surface area contributed by atoms with E-state index in [0.717, 1.165) is 5.56 Å². The molecule has 2 nitrogen and oxygen atoms in total. The first-order chi connectivity index (χ1) is 7.63. The molecule has 1 rings (SSSR count). The van der Waals surface area contributed by atoms with E-state index in [9.17, 15) is 4.79 Å². The second-order valence-electron chi connectivity index (χ2n) is 3.91. The normalized spacial score (nSPS) is 11.0. The first-order valence-corrected chi connectivity index (χ1v) is 5.58. The van der Waals surface area contributed by atoms with E-state index in [-0.39, 0.29) is 5.97 Å². The highest BCUT2D eigenvalue weighted by Gasteiger charge is 1.99. The Bertz CT molecular complexity index is 378. The summed E-state index contributed by atoms with van der Waals surface area (Å²) in [5, 5.41) is 0. The van der Waals surface area contributed by atoms with Gasteiger partial charge < -0.3 is 4.74 Å². The number of ether oxygens (including phenoxy) is 1. The second kappa shape index (κ2) is 6.11. The zero-order valence-electron chi connectivity index (χ0n) is 10.1.